The second-order valence-electron chi connectivity index (χ2n) is 6.14. The molecule has 3 unspecified atom stereocenters. The summed E-state index contributed by atoms with van der Waals surface area (Å²) in [5.74, 6) is 1.86. The van der Waals surface area contributed by atoms with Crippen LogP contribution in [0.5, 0.6) is 0 Å². The number of carbonyl (C=O) groups is 1. The number of nitrogens with one attached hydrogen (secondary N) is 1. The number of anilines is 1. The average molecular weight is 294 g/mol. The van der Waals surface area contributed by atoms with Gasteiger partial charge in [0.1, 0.15) is 0 Å². The molecule has 1 saturated carbocycles. The molecule has 2 heterocycles. The number of nitrogens with zero attached hydrogens (tertiary/aromatic N) is 3. The lowest BCUT2D eigenvalue weighted by atomic mass is 9.93. The van der Waals surface area contributed by atoms with Crippen molar-refractivity contribution in [1.29, 1.82) is 0 Å². The summed E-state index contributed by atoms with van der Waals surface area (Å²) in [5, 5.41) is 7.37. The number of allylic oxidation sites excluding steroid dienone is 2. The van der Waals surface area contributed by atoms with Crippen molar-refractivity contribution in [2.75, 3.05) is 5.32 Å². The maximum Gasteiger partial charge on any atom is 0.229 e. The third-order valence-electron chi connectivity index (χ3n) is 4.57. The monoisotopic (exact) mass is 294 g/mol. The van der Waals surface area contributed by atoms with Gasteiger partial charge in [0.15, 0.2) is 5.82 Å². The first-order valence-corrected chi connectivity index (χ1v) is 7.69. The first kappa shape index (κ1) is 13.2. The molecule has 1 amide bonds. The van der Waals surface area contributed by atoms with E-state index < -0.39 is 0 Å². The van der Waals surface area contributed by atoms with E-state index in [9.17, 15) is 4.79 Å². The molecule has 0 saturated heterocycles. The van der Waals surface area contributed by atoms with Crippen LogP contribution in [0.1, 0.15) is 18.4 Å². The second kappa shape index (κ2) is 5.40. The van der Waals surface area contributed by atoms with E-state index in [0.29, 0.717) is 24.2 Å². The van der Waals surface area contributed by atoms with Gasteiger partial charge < -0.3 is 5.32 Å². The molecule has 0 spiro atoms. The summed E-state index contributed by atoms with van der Waals surface area (Å²) in [5.41, 5.74) is 1.08. The van der Waals surface area contributed by atoms with Crippen LogP contribution in [0.2, 0.25) is 0 Å². The molecule has 2 aromatic rings. The van der Waals surface area contributed by atoms with Gasteiger partial charge in [-0.15, -0.1) is 0 Å². The number of amides is 1. The van der Waals surface area contributed by atoms with Crippen molar-refractivity contribution in [3.8, 4) is 0 Å². The zero-order valence-corrected chi connectivity index (χ0v) is 12.2. The summed E-state index contributed by atoms with van der Waals surface area (Å²) in [6.45, 7) is 0.653. The maximum atomic E-state index is 12.4. The van der Waals surface area contributed by atoms with Crippen LogP contribution in [0.25, 0.3) is 0 Å². The summed E-state index contributed by atoms with van der Waals surface area (Å²) >= 11 is 0. The van der Waals surface area contributed by atoms with Crippen molar-refractivity contribution in [3.05, 3.63) is 54.5 Å². The molecule has 0 aromatic carbocycles. The Morgan fingerprint density at radius 2 is 2.27 bits per heavy atom. The summed E-state index contributed by atoms with van der Waals surface area (Å²) in [4.78, 5) is 16.5. The minimum absolute atomic E-state index is 0.100. The molecule has 2 aromatic heterocycles. The van der Waals surface area contributed by atoms with E-state index in [1.165, 1.54) is 0 Å². The number of hydrogen-bond donors (Lipinski definition) is 1. The molecule has 0 aliphatic heterocycles. The number of aromatic nitrogens is 3. The van der Waals surface area contributed by atoms with Crippen molar-refractivity contribution < 1.29 is 4.79 Å². The van der Waals surface area contributed by atoms with Gasteiger partial charge in [0.2, 0.25) is 5.91 Å². The van der Waals surface area contributed by atoms with Crippen LogP contribution >= 0.6 is 0 Å². The van der Waals surface area contributed by atoms with Crippen LogP contribution in [0, 0.1) is 17.8 Å². The Kier molecular flexibility index (Phi) is 3.25. The van der Waals surface area contributed by atoms with E-state index in [0.717, 1.165) is 18.4 Å². The van der Waals surface area contributed by atoms with Crippen LogP contribution in [-0.2, 0) is 11.3 Å². The van der Waals surface area contributed by atoms with Crippen LogP contribution in [0.3, 0.4) is 0 Å². The molecule has 0 radical (unpaired) electrons. The van der Waals surface area contributed by atoms with E-state index in [1.807, 2.05) is 35.3 Å². The van der Waals surface area contributed by atoms with Gasteiger partial charge in [-0.2, -0.15) is 5.10 Å². The number of hydrogen-bond acceptors (Lipinski definition) is 3. The Bertz CT molecular complexity index is 706. The smallest absolute Gasteiger partial charge is 0.229 e. The average Bonchev–Trinajstić information content (AvgIpc) is 3.25. The maximum absolute atomic E-state index is 12.4. The molecular formula is C17H18N4O. The van der Waals surface area contributed by atoms with Gasteiger partial charge in [-0.25, -0.2) is 0 Å². The van der Waals surface area contributed by atoms with Gasteiger partial charge in [0.05, 0.1) is 6.54 Å². The summed E-state index contributed by atoms with van der Waals surface area (Å²) in [6.07, 6.45) is 12.0. The highest BCUT2D eigenvalue weighted by molar-refractivity contribution is 5.92. The van der Waals surface area contributed by atoms with Gasteiger partial charge in [-0.05, 0) is 36.3 Å². The minimum Gasteiger partial charge on any atom is -0.309 e. The Morgan fingerprint density at radius 1 is 1.32 bits per heavy atom. The molecule has 5 heteroatoms. The van der Waals surface area contributed by atoms with Crippen molar-refractivity contribution in [2.24, 2.45) is 17.8 Å². The minimum atomic E-state index is 0.100. The highest BCUT2D eigenvalue weighted by Gasteiger charge is 2.39. The lowest BCUT2D eigenvalue weighted by molar-refractivity contribution is -0.120. The molecule has 1 fully saturated rings. The predicted octanol–water partition coefficient (Wildman–Crippen LogP) is 2.48. The molecule has 2 aliphatic rings. The van der Waals surface area contributed by atoms with E-state index in [2.05, 4.69) is 27.6 Å². The largest absolute Gasteiger partial charge is 0.309 e. The molecule has 5 nitrogen and oxygen atoms in total. The van der Waals surface area contributed by atoms with Gasteiger partial charge >= 0.3 is 0 Å². The first-order chi connectivity index (χ1) is 10.8. The van der Waals surface area contributed by atoms with Gasteiger partial charge in [-0.1, -0.05) is 18.2 Å². The summed E-state index contributed by atoms with van der Waals surface area (Å²) in [6, 6.07) is 5.76. The zero-order chi connectivity index (χ0) is 14.9. The van der Waals surface area contributed by atoms with Crippen molar-refractivity contribution in [2.45, 2.75) is 19.4 Å². The van der Waals surface area contributed by atoms with E-state index in [-0.39, 0.29) is 11.8 Å². The lowest BCUT2D eigenvalue weighted by Gasteiger charge is -2.16. The van der Waals surface area contributed by atoms with E-state index >= 15 is 0 Å². The Hall–Kier alpha value is -2.43. The molecular weight excluding hydrogens is 276 g/mol. The molecule has 4 rings (SSSR count). The fraction of sp³-hybridized carbons (Fsp3) is 0.353. The standard InChI is InChI=1S/C17H18N4O/c22-17(15-9-12-3-4-14(15)8-12)19-16-5-7-21(20-16)11-13-2-1-6-18-10-13/h1-7,10,12,14-15H,8-9,11H2,(H,19,20,22). The quantitative estimate of drug-likeness (QED) is 0.881. The van der Waals surface area contributed by atoms with Crippen molar-refractivity contribution in [3.63, 3.8) is 0 Å². The number of rotatable bonds is 4. The zero-order valence-electron chi connectivity index (χ0n) is 12.2. The van der Waals surface area contributed by atoms with Crippen LogP contribution < -0.4 is 5.32 Å². The molecule has 112 valence electrons. The Balaban J connectivity index is 1.40. The molecule has 2 bridgehead atoms. The number of pyridine rings is 1. The fourth-order valence-corrected chi connectivity index (χ4v) is 3.50. The van der Waals surface area contributed by atoms with Crippen LogP contribution in [0.15, 0.2) is 48.9 Å². The van der Waals surface area contributed by atoms with Gasteiger partial charge in [0, 0.05) is 30.6 Å². The normalized spacial score (nSPS) is 25.5. The van der Waals surface area contributed by atoms with Gasteiger partial charge in [-0.3, -0.25) is 14.5 Å². The number of fused-ring (bicyclic) bond motifs is 2. The third kappa shape index (κ3) is 2.54. The highest BCUT2D eigenvalue weighted by atomic mass is 16.2. The third-order valence-corrected chi connectivity index (χ3v) is 4.57. The Labute approximate surface area is 129 Å². The SMILES string of the molecule is O=C(Nc1ccn(Cc2cccnc2)n1)C1CC2C=CC1C2. The Morgan fingerprint density at radius 3 is 3.00 bits per heavy atom. The molecule has 2 aliphatic carbocycles. The molecule has 3 atom stereocenters. The van der Waals surface area contributed by atoms with E-state index in [1.54, 1.807) is 6.20 Å². The summed E-state index contributed by atoms with van der Waals surface area (Å²) in [7, 11) is 0. The lowest BCUT2D eigenvalue weighted by Crippen LogP contribution is -2.26. The van der Waals surface area contributed by atoms with Gasteiger partial charge in [0.25, 0.3) is 0 Å². The first-order valence-electron chi connectivity index (χ1n) is 7.69. The van der Waals surface area contributed by atoms with Crippen LogP contribution in [0.4, 0.5) is 5.82 Å². The predicted molar refractivity (Wildman–Crippen MR) is 83.0 cm³/mol. The van der Waals surface area contributed by atoms with Crippen LogP contribution in [-0.4, -0.2) is 20.7 Å². The number of carbonyl (C=O) groups excluding carboxylic acids is 1. The second-order valence-corrected chi connectivity index (χ2v) is 6.14. The molecule has 22 heavy (non-hydrogen) atoms. The molecule has 1 N–H and O–H groups in total. The van der Waals surface area contributed by atoms with Crippen molar-refractivity contribution >= 4 is 11.7 Å². The van der Waals surface area contributed by atoms with Crippen molar-refractivity contribution in [1.82, 2.24) is 14.8 Å². The topological polar surface area (TPSA) is 59.8 Å². The van der Waals surface area contributed by atoms with E-state index in [4.69, 9.17) is 0 Å². The highest BCUT2D eigenvalue weighted by Crippen LogP contribution is 2.43. The fourth-order valence-electron chi connectivity index (χ4n) is 3.50. The summed E-state index contributed by atoms with van der Waals surface area (Å²) < 4.78 is 1.81.